The van der Waals surface area contributed by atoms with Gasteiger partial charge >= 0.3 is 0 Å². The number of unbranched alkanes of at least 4 members (excludes halogenated alkanes) is 1. The van der Waals surface area contributed by atoms with Gasteiger partial charge in [0.25, 0.3) is 5.91 Å². The first-order chi connectivity index (χ1) is 9.68. The summed E-state index contributed by atoms with van der Waals surface area (Å²) in [6, 6.07) is 3.42. The van der Waals surface area contributed by atoms with Crippen molar-refractivity contribution in [2.24, 2.45) is 0 Å². The fourth-order valence-corrected chi connectivity index (χ4v) is 2.47. The van der Waals surface area contributed by atoms with E-state index in [9.17, 15) is 13.6 Å². The molecule has 0 aliphatic carbocycles. The van der Waals surface area contributed by atoms with Crippen molar-refractivity contribution < 1.29 is 13.6 Å². The van der Waals surface area contributed by atoms with Crippen molar-refractivity contribution in [3.63, 3.8) is 0 Å². The Bertz CT molecular complexity index is 445. The zero-order valence-corrected chi connectivity index (χ0v) is 12.7. The number of rotatable bonds is 6. The van der Waals surface area contributed by atoms with E-state index in [-0.39, 0.29) is 12.4 Å². The highest BCUT2D eigenvalue weighted by atomic mass is 35.5. The van der Waals surface area contributed by atoms with Crippen molar-refractivity contribution in [1.29, 1.82) is 0 Å². The van der Waals surface area contributed by atoms with Crippen LogP contribution in [0.3, 0.4) is 0 Å². The molecule has 0 atom stereocenters. The summed E-state index contributed by atoms with van der Waals surface area (Å²) in [5.74, 6) is -2.32. The second-order valence-electron chi connectivity index (χ2n) is 5.11. The Kier molecular flexibility index (Phi) is 7.61. The maximum atomic E-state index is 13.4. The number of nitrogens with zero attached hydrogens (tertiary/aromatic N) is 1. The van der Waals surface area contributed by atoms with Crippen LogP contribution in [0.15, 0.2) is 18.2 Å². The van der Waals surface area contributed by atoms with E-state index in [1.807, 2.05) is 0 Å². The minimum atomic E-state index is -0.820. The molecule has 0 bridgehead atoms. The van der Waals surface area contributed by atoms with Crippen molar-refractivity contribution >= 4 is 18.3 Å². The van der Waals surface area contributed by atoms with Gasteiger partial charge in [0.05, 0.1) is 0 Å². The van der Waals surface area contributed by atoms with E-state index in [1.54, 1.807) is 0 Å². The zero-order valence-electron chi connectivity index (χ0n) is 11.9. The molecule has 1 N–H and O–H groups in total. The molecule has 1 aromatic carbocycles. The Balaban J connectivity index is 0.00000220. The number of hydrogen-bond acceptors (Lipinski definition) is 2. The molecule has 0 aromatic heterocycles. The number of halogens is 3. The van der Waals surface area contributed by atoms with Gasteiger partial charge in [-0.15, -0.1) is 12.4 Å². The highest BCUT2D eigenvalue weighted by Crippen LogP contribution is 2.12. The molecule has 1 aliphatic heterocycles. The minimum Gasteiger partial charge on any atom is -0.352 e. The van der Waals surface area contributed by atoms with Crippen LogP contribution >= 0.6 is 12.4 Å². The SMILES string of the molecule is Cl.O=C(NCCCCN1CCCC1)c1c(F)cccc1F. The number of amides is 1. The van der Waals surface area contributed by atoms with Gasteiger partial charge in [0.1, 0.15) is 17.2 Å². The predicted molar refractivity (Wildman–Crippen MR) is 80.8 cm³/mol. The molecule has 1 fully saturated rings. The van der Waals surface area contributed by atoms with Gasteiger partial charge in [0.15, 0.2) is 0 Å². The molecular weight excluding hydrogens is 298 g/mol. The van der Waals surface area contributed by atoms with Crippen LogP contribution in [0, 0.1) is 11.6 Å². The molecule has 21 heavy (non-hydrogen) atoms. The first-order valence-electron chi connectivity index (χ1n) is 7.13. The molecule has 0 unspecified atom stereocenters. The summed E-state index contributed by atoms with van der Waals surface area (Å²) in [4.78, 5) is 14.1. The number of benzene rings is 1. The predicted octanol–water partition coefficient (Wildman–Crippen LogP) is 2.99. The molecule has 1 amide bonds. The Morgan fingerprint density at radius 3 is 2.38 bits per heavy atom. The van der Waals surface area contributed by atoms with Crippen molar-refractivity contribution in [3.8, 4) is 0 Å². The molecular formula is C15H21ClF2N2O. The lowest BCUT2D eigenvalue weighted by Crippen LogP contribution is -2.27. The molecule has 118 valence electrons. The zero-order chi connectivity index (χ0) is 14.4. The summed E-state index contributed by atoms with van der Waals surface area (Å²) < 4.78 is 26.7. The lowest BCUT2D eigenvalue weighted by Gasteiger charge is -2.14. The number of carbonyl (C=O) groups excluding carboxylic acids is 1. The van der Waals surface area contributed by atoms with Crippen LogP contribution in [-0.4, -0.2) is 37.0 Å². The van der Waals surface area contributed by atoms with Gasteiger partial charge in [-0.3, -0.25) is 4.79 Å². The van der Waals surface area contributed by atoms with Gasteiger partial charge in [0.2, 0.25) is 0 Å². The van der Waals surface area contributed by atoms with Crippen molar-refractivity contribution in [2.75, 3.05) is 26.2 Å². The lowest BCUT2D eigenvalue weighted by atomic mass is 10.2. The van der Waals surface area contributed by atoms with Gasteiger partial charge in [-0.2, -0.15) is 0 Å². The Morgan fingerprint density at radius 2 is 1.76 bits per heavy atom. The third kappa shape index (κ3) is 5.25. The molecule has 0 radical (unpaired) electrons. The lowest BCUT2D eigenvalue weighted by molar-refractivity contribution is 0.0944. The van der Waals surface area contributed by atoms with Crippen LogP contribution < -0.4 is 5.32 Å². The number of carbonyl (C=O) groups is 1. The van der Waals surface area contributed by atoms with Gasteiger partial charge in [-0.25, -0.2) is 8.78 Å². The average molecular weight is 319 g/mol. The van der Waals surface area contributed by atoms with Gasteiger partial charge in [0, 0.05) is 6.54 Å². The maximum Gasteiger partial charge on any atom is 0.257 e. The third-order valence-electron chi connectivity index (χ3n) is 3.58. The number of hydrogen-bond donors (Lipinski definition) is 1. The van der Waals surface area contributed by atoms with Gasteiger partial charge in [-0.05, 0) is 57.5 Å². The molecule has 1 saturated heterocycles. The molecule has 1 aromatic rings. The highest BCUT2D eigenvalue weighted by Gasteiger charge is 2.16. The van der Waals surface area contributed by atoms with Crippen molar-refractivity contribution in [1.82, 2.24) is 10.2 Å². The van der Waals surface area contributed by atoms with E-state index in [0.29, 0.717) is 6.54 Å². The molecule has 1 heterocycles. The summed E-state index contributed by atoms with van der Waals surface area (Å²) in [5, 5.41) is 2.57. The fraction of sp³-hybridized carbons (Fsp3) is 0.533. The quantitative estimate of drug-likeness (QED) is 0.818. The van der Waals surface area contributed by atoms with Crippen LogP contribution in [0.4, 0.5) is 8.78 Å². The van der Waals surface area contributed by atoms with Crippen molar-refractivity contribution in [3.05, 3.63) is 35.4 Å². The third-order valence-corrected chi connectivity index (χ3v) is 3.58. The summed E-state index contributed by atoms with van der Waals surface area (Å²) in [5.41, 5.74) is -0.493. The first-order valence-corrected chi connectivity index (χ1v) is 7.13. The van der Waals surface area contributed by atoms with E-state index >= 15 is 0 Å². The Labute approximate surface area is 130 Å². The molecule has 2 rings (SSSR count). The highest BCUT2D eigenvalue weighted by molar-refractivity contribution is 5.94. The van der Waals surface area contributed by atoms with Gasteiger partial charge < -0.3 is 10.2 Å². The summed E-state index contributed by atoms with van der Waals surface area (Å²) in [6.45, 7) is 3.80. The number of nitrogens with one attached hydrogen (secondary N) is 1. The largest absolute Gasteiger partial charge is 0.352 e. The molecule has 0 saturated carbocycles. The standard InChI is InChI=1S/C15H20F2N2O.ClH/c16-12-6-5-7-13(17)14(12)15(20)18-8-1-2-9-19-10-3-4-11-19;/h5-7H,1-4,8-11H2,(H,18,20);1H. The fourth-order valence-electron chi connectivity index (χ4n) is 2.47. The van der Waals surface area contributed by atoms with Gasteiger partial charge in [-0.1, -0.05) is 6.07 Å². The van der Waals surface area contributed by atoms with E-state index < -0.39 is 23.1 Å². The summed E-state index contributed by atoms with van der Waals surface area (Å²) in [7, 11) is 0. The second kappa shape index (κ2) is 8.95. The summed E-state index contributed by atoms with van der Waals surface area (Å²) >= 11 is 0. The topological polar surface area (TPSA) is 32.3 Å². The van der Waals surface area contributed by atoms with Crippen LogP contribution in [0.25, 0.3) is 0 Å². The minimum absolute atomic E-state index is 0. The molecule has 6 heteroatoms. The normalized spacial score (nSPS) is 14.8. The van der Waals surface area contributed by atoms with E-state index in [4.69, 9.17) is 0 Å². The smallest absolute Gasteiger partial charge is 0.257 e. The van der Waals surface area contributed by atoms with E-state index in [2.05, 4.69) is 10.2 Å². The molecule has 3 nitrogen and oxygen atoms in total. The van der Waals surface area contributed by atoms with Crippen LogP contribution in [0.2, 0.25) is 0 Å². The Hall–Kier alpha value is -1.20. The molecule has 0 spiro atoms. The number of likely N-dealkylation sites (tertiary alicyclic amines) is 1. The van der Waals surface area contributed by atoms with E-state index in [0.717, 1.165) is 44.6 Å². The molecule has 1 aliphatic rings. The second-order valence-corrected chi connectivity index (χ2v) is 5.11. The maximum absolute atomic E-state index is 13.4. The summed E-state index contributed by atoms with van der Waals surface area (Å²) in [6.07, 6.45) is 4.34. The first kappa shape index (κ1) is 17.9. The van der Waals surface area contributed by atoms with Crippen LogP contribution in [0.5, 0.6) is 0 Å². The average Bonchev–Trinajstić information content (AvgIpc) is 2.91. The van der Waals surface area contributed by atoms with Crippen LogP contribution in [-0.2, 0) is 0 Å². The monoisotopic (exact) mass is 318 g/mol. The van der Waals surface area contributed by atoms with E-state index in [1.165, 1.54) is 18.9 Å². The Morgan fingerprint density at radius 1 is 1.14 bits per heavy atom. The van der Waals surface area contributed by atoms with Crippen LogP contribution in [0.1, 0.15) is 36.0 Å². The van der Waals surface area contributed by atoms with Crippen molar-refractivity contribution in [2.45, 2.75) is 25.7 Å².